The highest BCUT2D eigenvalue weighted by molar-refractivity contribution is 7.98. The van der Waals surface area contributed by atoms with E-state index >= 15 is 0 Å². The van der Waals surface area contributed by atoms with E-state index in [2.05, 4.69) is 25.4 Å². The van der Waals surface area contributed by atoms with Gasteiger partial charge in [-0.15, -0.1) is 10.2 Å². The second-order valence-electron chi connectivity index (χ2n) is 6.89. The maximum absolute atomic E-state index is 12.8. The maximum atomic E-state index is 12.8. The molecule has 3 rings (SSSR count). The van der Waals surface area contributed by atoms with Crippen molar-refractivity contribution in [2.24, 2.45) is 0 Å². The summed E-state index contributed by atoms with van der Waals surface area (Å²) >= 11 is 1.65. The number of rotatable bonds is 8. The molecule has 0 spiro atoms. The van der Waals surface area contributed by atoms with Gasteiger partial charge in [0.25, 0.3) is 5.91 Å². The molecule has 1 atom stereocenters. The van der Waals surface area contributed by atoms with Crippen LogP contribution in [0.15, 0.2) is 30.3 Å². The van der Waals surface area contributed by atoms with Gasteiger partial charge in [0.2, 0.25) is 5.91 Å². The molecule has 0 bridgehead atoms. The number of aromatic nitrogens is 3. The SMILES string of the molecule is CSCC[C@H](NC(=O)c1ccccc1)C(=O)NCc1nnc2n1CCCCC2. The van der Waals surface area contributed by atoms with Gasteiger partial charge in [-0.1, -0.05) is 24.6 Å². The Bertz CT molecular complexity index is 793. The fourth-order valence-electron chi connectivity index (χ4n) is 3.30. The molecule has 2 N–H and O–H groups in total. The Morgan fingerprint density at radius 2 is 2.00 bits per heavy atom. The molecule has 0 saturated carbocycles. The quantitative estimate of drug-likeness (QED) is 0.708. The fourth-order valence-corrected chi connectivity index (χ4v) is 3.77. The Morgan fingerprint density at radius 3 is 2.79 bits per heavy atom. The van der Waals surface area contributed by atoms with Gasteiger partial charge < -0.3 is 15.2 Å². The molecule has 28 heavy (non-hydrogen) atoms. The molecule has 0 fully saturated rings. The van der Waals surface area contributed by atoms with Gasteiger partial charge in [0, 0.05) is 18.5 Å². The third-order valence-electron chi connectivity index (χ3n) is 4.88. The van der Waals surface area contributed by atoms with Crippen molar-refractivity contribution in [3.05, 3.63) is 47.5 Å². The number of hydrogen-bond acceptors (Lipinski definition) is 5. The molecule has 8 heteroatoms. The Balaban J connectivity index is 1.61. The summed E-state index contributed by atoms with van der Waals surface area (Å²) in [6.45, 7) is 1.22. The van der Waals surface area contributed by atoms with Crippen molar-refractivity contribution in [3.8, 4) is 0 Å². The van der Waals surface area contributed by atoms with Crippen molar-refractivity contribution in [3.63, 3.8) is 0 Å². The first-order chi connectivity index (χ1) is 13.7. The summed E-state index contributed by atoms with van der Waals surface area (Å²) < 4.78 is 2.12. The zero-order chi connectivity index (χ0) is 19.8. The molecule has 2 heterocycles. The monoisotopic (exact) mass is 401 g/mol. The topological polar surface area (TPSA) is 88.9 Å². The molecule has 0 unspecified atom stereocenters. The number of fused-ring (bicyclic) bond motifs is 1. The van der Waals surface area contributed by atoms with E-state index in [1.807, 2.05) is 24.5 Å². The molecule has 1 aliphatic rings. The lowest BCUT2D eigenvalue weighted by Crippen LogP contribution is -2.47. The highest BCUT2D eigenvalue weighted by Gasteiger charge is 2.22. The zero-order valence-corrected chi connectivity index (χ0v) is 17.0. The number of benzene rings is 1. The number of nitrogens with one attached hydrogen (secondary N) is 2. The summed E-state index contributed by atoms with van der Waals surface area (Å²) in [6.07, 6.45) is 6.92. The first-order valence-corrected chi connectivity index (χ1v) is 11.1. The summed E-state index contributed by atoms with van der Waals surface area (Å²) in [4.78, 5) is 25.2. The van der Waals surface area contributed by atoms with Crippen LogP contribution in [0.25, 0.3) is 0 Å². The second-order valence-corrected chi connectivity index (χ2v) is 7.87. The minimum Gasteiger partial charge on any atom is -0.347 e. The molecule has 0 saturated heterocycles. The number of thioether (sulfide) groups is 1. The molecule has 150 valence electrons. The average Bonchev–Trinajstić information content (AvgIpc) is 2.95. The Labute approximate surface area is 169 Å². The predicted molar refractivity (Wildman–Crippen MR) is 110 cm³/mol. The van der Waals surface area contributed by atoms with Crippen molar-refractivity contribution in [1.29, 1.82) is 0 Å². The fraction of sp³-hybridized carbons (Fsp3) is 0.500. The highest BCUT2D eigenvalue weighted by atomic mass is 32.2. The van der Waals surface area contributed by atoms with Crippen LogP contribution in [0.5, 0.6) is 0 Å². The summed E-state index contributed by atoms with van der Waals surface area (Å²) in [5.41, 5.74) is 0.548. The van der Waals surface area contributed by atoms with Crippen molar-refractivity contribution in [1.82, 2.24) is 25.4 Å². The van der Waals surface area contributed by atoms with E-state index < -0.39 is 6.04 Å². The number of carbonyl (C=O) groups is 2. The van der Waals surface area contributed by atoms with Crippen LogP contribution in [0.4, 0.5) is 0 Å². The Morgan fingerprint density at radius 1 is 1.18 bits per heavy atom. The van der Waals surface area contributed by atoms with Crippen LogP contribution < -0.4 is 10.6 Å². The van der Waals surface area contributed by atoms with E-state index in [0.717, 1.165) is 43.2 Å². The minimum atomic E-state index is -0.577. The molecule has 1 aliphatic heterocycles. The van der Waals surface area contributed by atoms with Gasteiger partial charge in [0.15, 0.2) is 5.82 Å². The molecule has 2 amide bonds. The molecular weight excluding hydrogens is 374 g/mol. The van der Waals surface area contributed by atoms with Gasteiger partial charge >= 0.3 is 0 Å². The summed E-state index contributed by atoms with van der Waals surface area (Å²) in [6, 6.07) is 8.38. The third-order valence-corrected chi connectivity index (χ3v) is 5.52. The number of aryl methyl sites for hydroxylation is 1. The van der Waals surface area contributed by atoms with E-state index in [1.54, 1.807) is 23.9 Å². The van der Waals surface area contributed by atoms with Crippen LogP contribution in [0.1, 0.15) is 47.7 Å². The smallest absolute Gasteiger partial charge is 0.251 e. The van der Waals surface area contributed by atoms with Crippen molar-refractivity contribution in [2.75, 3.05) is 12.0 Å². The molecule has 2 aromatic rings. The Kier molecular flexibility index (Phi) is 7.47. The highest BCUT2D eigenvalue weighted by Crippen LogP contribution is 2.14. The maximum Gasteiger partial charge on any atom is 0.251 e. The molecule has 0 aliphatic carbocycles. The molecule has 1 aromatic carbocycles. The minimum absolute atomic E-state index is 0.190. The van der Waals surface area contributed by atoms with E-state index in [-0.39, 0.29) is 11.8 Å². The largest absolute Gasteiger partial charge is 0.347 e. The summed E-state index contributed by atoms with van der Waals surface area (Å²) in [5.74, 6) is 2.14. The Hall–Kier alpha value is -2.35. The van der Waals surface area contributed by atoms with Crippen LogP contribution >= 0.6 is 11.8 Å². The van der Waals surface area contributed by atoms with Crippen LogP contribution in [-0.2, 0) is 24.3 Å². The standard InChI is InChI=1S/C20H27N5O2S/c1-28-13-11-16(22-19(26)15-8-4-2-5-9-15)20(27)21-14-18-24-23-17-10-6-3-7-12-25(17)18/h2,4-5,8-9,16H,3,6-7,10-14H2,1H3,(H,21,27)(H,22,26)/t16-/m0/s1. The number of nitrogens with zero attached hydrogens (tertiary/aromatic N) is 3. The predicted octanol–water partition coefficient (Wildman–Crippen LogP) is 2.17. The lowest BCUT2D eigenvalue weighted by Gasteiger charge is -2.18. The lowest BCUT2D eigenvalue weighted by atomic mass is 10.1. The van der Waals surface area contributed by atoms with E-state index in [1.165, 1.54) is 6.42 Å². The first-order valence-electron chi connectivity index (χ1n) is 9.72. The molecule has 0 radical (unpaired) electrons. The van der Waals surface area contributed by atoms with Gasteiger partial charge in [-0.2, -0.15) is 11.8 Å². The number of carbonyl (C=O) groups excluding carboxylic acids is 2. The van der Waals surface area contributed by atoms with Gasteiger partial charge in [-0.25, -0.2) is 0 Å². The van der Waals surface area contributed by atoms with Gasteiger partial charge in [0.1, 0.15) is 11.9 Å². The van der Waals surface area contributed by atoms with Crippen LogP contribution in [0.3, 0.4) is 0 Å². The molecular formula is C20H27N5O2S. The van der Waals surface area contributed by atoms with Crippen LogP contribution in [0.2, 0.25) is 0 Å². The summed E-state index contributed by atoms with van der Waals surface area (Å²) in [7, 11) is 0. The number of hydrogen-bond donors (Lipinski definition) is 2. The summed E-state index contributed by atoms with van der Waals surface area (Å²) in [5, 5.41) is 14.3. The number of amides is 2. The second kappa shape index (κ2) is 10.3. The average molecular weight is 402 g/mol. The molecule has 1 aromatic heterocycles. The van der Waals surface area contributed by atoms with Crippen LogP contribution in [-0.4, -0.2) is 44.6 Å². The zero-order valence-electron chi connectivity index (χ0n) is 16.2. The van der Waals surface area contributed by atoms with E-state index in [9.17, 15) is 9.59 Å². The van der Waals surface area contributed by atoms with Crippen molar-refractivity contribution >= 4 is 23.6 Å². The van der Waals surface area contributed by atoms with Crippen LogP contribution in [0, 0.1) is 0 Å². The molecule has 7 nitrogen and oxygen atoms in total. The van der Waals surface area contributed by atoms with Gasteiger partial charge in [-0.05, 0) is 43.4 Å². The van der Waals surface area contributed by atoms with E-state index in [0.29, 0.717) is 18.5 Å². The van der Waals surface area contributed by atoms with Gasteiger partial charge in [0.05, 0.1) is 6.54 Å². The lowest BCUT2D eigenvalue weighted by molar-refractivity contribution is -0.123. The van der Waals surface area contributed by atoms with Crippen molar-refractivity contribution in [2.45, 2.75) is 51.2 Å². The van der Waals surface area contributed by atoms with Crippen molar-refractivity contribution < 1.29 is 9.59 Å². The van der Waals surface area contributed by atoms with E-state index in [4.69, 9.17) is 0 Å². The third kappa shape index (κ3) is 5.34. The first kappa shape index (κ1) is 20.4. The normalized spacial score (nSPS) is 14.6. The van der Waals surface area contributed by atoms with Gasteiger partial charge in [-0.3, -0.25) is 9.59 Å².